The molecule has 1 N–H and O–H groups in total. The second kappa shape index (κ2) is 3.41. The van der Waals surface area contributed by atoms with Gasteiger partial charge in [0.25, 0.3) is 0 Å². The molecule has 0 bridgehead atoms. The van der Waals surface area contributed by atoms with Crippen molar-refractivity contribution in [2.24, 2.45) is 5.92 Å². The fraction of sp³-hybridized carbons (Fsp3) is 0.875. The number of hydroxylamine groups is 1. The average molecular weight is 171 g/mol. The van der Waals surface area contributed by atoms with E-state index in [-0.39, 0.29) is 17.9 Å². The van der Waals surface area contributed by atoms with Gasteiger partial charge >= 0.3 is 0 Å². The number of ether oxygens (including phenoxy) is 1. The van der Waals surface area contributed by atoms with Crippen molar-refractivity contribution in [1.82, 2.24) is 5.48 Å². The van der Waals surface area contributed by atoms with Crippen LogP contribution in [0.3, 0.4) is 0 Å². The Morgan fingerprint density at radius 2 is 2.25 bits per heavy atom. The molecule has 1 heterocycles. The summed E-state index contributed by atoms with van der Waals surface area (Å²) in [6.07, 6.45) is 2.96. The fourth-order valence-electron chi connectivity index (χ4n) is 1.18. The number of nitrogens with one attached hydrogen (secondary N) is 1. The topological polar surface area (TPSA) is 47.6 Å². The van der Waals surface area contributed by atoms with Crippen LogP contribution in [0.15, 0.2) is 0 Å². The second-order valence-electron chi connectivity index (χ2n) is 3.34. The lowest BCUT2D eigenvalue weighted by Crippen LogP contribution is -2.30. The van der Waals surface area contributed by atoms with Crippen LogP contribution in [0.5, 0.6) is 0 Å². The molecule has 0 aromatic rings. The molecule has 1 amide bonds. The lowest BCUT2D eigenvalue weighted by molar-refractivity contribution is -0.139. The van der Waals surface area contributed by atoms with Crippen LogP contribution in [0, 0.1) is 5.92 Å². The maximum Gasteiger partial charge on any atom is 0.246 e. The Labute approximate surface area is 71.2 Å². The Hall–Kier alpha value is -0.610. The van der Waals surface area contributed by atoms with Gasteiger partial charge in [0.2, 0.25) is 5.91 Å². The van der Waals surface area contributed by atoms with Crippen LogP contribution in [-0.4, -0.2) is 25.2 Å². The maximum absolute atomic E-state index is 11.1. The first-order valence-electron chi connectivity index (χ1n) is 4.39. The van der Waals surface area contributed by atoms with E-state index in [9.17, 15) is 4.79 Å². The summed E-state index contributed by atoms with van der Waals surface area (Å²) in [7, 11) is 0. The summed E-state index contributed by atoms with van der Waals surface area (Å²) in [6.45, 7) is 1.34. The molecule has 1 saturated carbocycles. The molecular formula is C8H13NO3. The Morgan fingerprint density at radius 3 is 2.83 bits per heavy atom. The van der Waals surface area contributed by atoms with Gasteiger partial charge in [0.15, 0.2) is 0 Å². The quantitative estimate of drug-likeness (QED) is 0.618. The van der Waals surface area contributed by atoms with Gasteiger partial charge in [-0.3, -0.25) is 9.63 Å². The molecule has 1 aliphatic heterocycles. The zero-order valence-electron chi connectivity index (χ0n) is 6.91. The van der Waals surface area contributed by atoms with Gasteiger partial charge in [0.1, 0.15) is 6.10 Å². The van der Waals surface area contributed by atoms with Crippen molar-refractivity contribution in [2.45, 2.75) is 25.4 Å². The van der Waals surface area contributed by atoms with E-state index in [0.29, 0.717) is 6.61 Å². The van der Waals surface area contributed by atoms with Crippen LogP contribution < -0.4 is 5.48 Å². The van der Waals surface area contributed by atoms with Crippen LogP contribution >= 0.6 is 0 Å². The third kappa shape index (κ3) is 1.95. The number of rotatable bonds is 3. The molecule has 4 nitrogen and oxygen atoms in total. The average Bonchev–Trinajstić information content (AvgIpc) is 2.80. The van der Waals surface area contributed by atoms with Gasteiger partial charge in [-0.05, 0) is 12.8 Å². The third-order valence-electron chi connectivity index (χ3n) is 2.16. The van der Waals surface area contributed by atoms with E-state index >= 15 is 0 Å². The van der Waals surface area contributed by atoms with Crippen molar-refractivity contribution in [3.05, 3.63) is 0 Å². The fourth-order valence-corrected chi connectivity index (χ4v) is 1.18. The van der Waals surface area contributed by atoms with Gasteiger partial charge in [-0.25, -0.2) is 5.48 Å². The highest BCUT2D eigenvalue weighted by Crippen LogP contribution is 2.28. The Morgan fingerprint density at radius 1 is 1.42 bits per heavy atom. The zero-order chi connectivity index (χ0) is 8.39. The Kier molecular flexibility index (Phi) is 2.28. The SMILES string of the molecule is O=C(NOC1CCOC1)C1CC1. The van der Waals surface area contributed by atoms with Crippen molar-refractivity contribution in [2.75, 3.05) is 13.2 Å². The molecule has 0 aromatic heterocycles. The predicted octanol–water partition coefficient (Wildman–Crippen LogP) is 0.233. The molecule has 1 aliphatic carbocycles. The number of hydrogen-bond donors (Lipinski definition) is 1. The standard InChI is InChI=1S/C8H13NO3/c10-8(6-1-2-6)9-12-7-3-4-11-5-7/h6-7H,1-5H2,(H,9,10). The largest absolute Gasteiger partial charge is 0.379 e. The van der Waals surface area contributed by atoms with Gasteiger partial charge in [0, 0.05) is 18.9 Å². The van der Waals surface area contributed by atoms with Crippen molar-refractivity contribution in [3.8, 4) is 0 Å². The summed E-state index contributed by atoms with van der Waals surface area (Å²) in [5, 5.41) is 0. The van der Waals surface area contributed by atoms with Gasteiger partial charge in [-0.15, -0.1) is 0 Å². The first kappa shape index (κ1) is 8.01. The molecule has 1 atom stereocenters. The van der Waals surface area contributed by atoms with Crippen LogP contribution in [0.25, 0.3) is 0 Å². The monoisotopic (exact) mass is 171 g/mol. The summed E-state index contributed by atoms with van der Waals surface area (Å²) in [4.78, 5) is 16.2. The first-order valence-corrected chi connectivity index (χ1v) is 4.39. The van der Waals surface area contributed by atoms with Crippen molar-refractivity contribution in [3.63, 3.8) is 0 Å². The second-order valence-corrected chi connectivity index (χ2v) is 3.34. The normalized spacial score (nSPS) is 28.8. The minimum Gasteiger partial charge on any atom is -0.379 e. The molecule has 0 aromatic carbocycles. The summed E-state index contributed by atoms with van der Waals surface area (Å²) in [5.74, 6) is 0.245. The molecule has 68 valence electrons. The van der Waals surface area contributed by atoms with Crippen LogP contribution in [0.4, 0.5) is 0 Å². The number of hydrogen-bond acceptors (Lipinski definition) is 3. The molecule has 12 heavy (non-hydrogen) atoms. The summed E-state index contributed by atoms with van der Waals surface area (Å²) in [6, 6.07) is 0. The van der Waals surface area contributed by atoms with E-state index in [0.717, 1.165) is 25.9 Å². The highest BCUT2D eigenvalue weighted by Gasteiger charge is 2.30. The lowest BCUT2D eigenvalue weighted by atomic mass is 10.3. The van der Waals surface area contributed by atoms with Crippen molar-refractivity contribution >= 4 is 5.91 Å². The third-order valence-corrected chi connectivity index (χ3v) is 2.16. The Bertz CT molecular complexity index is 173. The molecule has 4 heteroatoms. The van der Waals surface area contributed by atoms with Gasteiger partial charge in [0.05, 0.1) is 6.61 Å². The van der Waals surface area contributed by atoms with E-state index < -0.39 is 0 Å². The number of carbonyl (C=O) groups excluding carboxylic acids is 1. The van der Waals surface area contributed by atoms with E-state index in [2.05, 4.69) is 5.48 Å². The van der Waals surface area contributed by atoms with E-state index in [1.165, 1.54) is 0 Å². The highest BCUT2D eigenvalue weighted by atomic mass is 16.7. The minimum atomic E-state index is 0.0295. The van der Waals surface area contributed by atoms with Crippen molar-refractivity contribution < 1.29 is 14.4 Å². The minimum absolute atomic E-state index is 0.0295. The van der Waals surface area contributed by atoms with Gasteiger partial charge in [-0.2, -0.15) is 0 Å². The highest BCUT2D eigenvalue weighted by molar-refractivity contribution is 5.79. The number of carbonyl (C=O) groups is 1. The van der Waals surface area contributed by atoms with Crippen LogP contribution in [0.2, 0.25) is 0 Å². The molecule has 1 saturated heterocycles. The zero-order valence-corrected chi connectivity index (χ0v) is 6.91. The first-order chi connectivity index (χ1) is 5.86. The van der Waals surface area contributed by atoms with E-state index in [1.54, 1.807) is 0 Å². The van der Waals surface area contributed by atoms with Crippen LogP contribution in [-0.2, 0) is 14.4 Å². The summed E-state index contributed by atoms with van der Waals surface area (Å²) in [5.41, 5.74) is 2.47. The molecule has 2 rings (SSSR count). The summed E-state index contributed by atoms with van der Waals surface area (Å²) < 4.78 is 5.09. The Balaban J connectivity index is 1.63. The van der Waals surface area contributed by atoms with Crippen molar-refractivity contribution in [1.29, 1.82) is 0 Å². The van der Waals surface area contributed by atoms with E-state index in [1.807, 2.05) is 0 Å². The molecule has 2 fully saturated rings. The van der Waals surface area contributed by atoms with Crippen LogP contribution in [0.1, 0.15) is 19.3 Å². The van der Waals surface area contributed by atoms with Gasteiger partial charge in [-0.1, -0.05) is 0 Å². The molecule has 0 radical (unpaired) electrons. The number of amides is 1. The maximum atomic E-state index is 11.1. The molecule has 0 spiro atoms. The van der Waals surface area contributed by atoms with Gasteiger partial charge < -0.3 is 4.74 Å². The summed E-state index contributed by atoms with van der Waals surface area (Å²) >= 11 is 0. The molecule has 2 aliphatic rings. The lowest BCUT2D eigenvalue weighted by Gasteiger charge is -2.09. The smallest absolute Gasteiger partial charge is 0.246 e. The predicted molar refractivity (Wildman–Crippen MR) is 41.2 cm³/mol. The molecular weight excluding hydrogens is 158 g/mol. The molecule has 1 unspecified atom stereocenters. The van der Waals surface area contributed by atoms with E-state index in [4.69, 9.17) is 9.57 Å².